The SMILES string of the molecule is CCCCCCCCCCCc1cc(=O)cc(C)[nH]1. The maximum Gasteiger partial charge on any atom is 0.182 e. The minimum Gasteiger partial charge on any atom is -0.362 e. The van der Waals surface area contributed by atoms with Crippen LogP contribution in [-0.4, -0.2) is 4.98 Å². The monoisotopic (exact) mass is 263 g/mol. The molecule has 0 amide bonds. The van der Waals surface area contributed by atoms with Crippen LogP contribution in [0.5, 0.6) is 0 Å². The minimum atomic E-state index is 0.127. The number of unbranched alkanes of at least 4 members (excludes halogenated alkanes) is 8. The molecule has 0 radical (unpaired) electrons. The summed E-state index contributed by atoms with van der Waals surface area (Å²) >= 11 is 0. The van der Waals surface area contributed by atoms with Gasteiger partial charge in [-0.25, -0.2) is 0 Å². The lowest BCUT2D eigenvalue weighted by molar-refractivity contribution is 0.563. The first-order valence-corrected chi connectivity index (χ1v) is 7.92. The molecular formula is C17H29NO. The molecule has 1 heterocycles. The van der Waals surface area contributed by atoms with E-state index in [1.807, 2.05) is 6.92 Å². The second kappa shape index (κ2) is 9.82. The Hall–Kier alpha value is -1.05. The second-order valence-electron chi connectivity index (χ2n) is 5.60. The van der Waals surface area contributed by atoms with Crippen LogP contribution in [0.2, 0.25) is 0 Å². The van der Waals surface area contributed by atoms with Crippen LogP contribution in [0.1, 0.15) is 76.1 Å². The van der Waals surface area contributed by atoms with Crippen molar-refractivity contribution in [3.8, 4) is 0 Å². The van der Waals surface area contributed by atoms with Crippen LogP contribution >= 0.6 is 0 Å². The van der Waals surface area contributed by atoms with Gasteiger partial charge in [0.15, 0.2) is 5.43 Å². The zero-order valence-electron chi connectivity index (χ0n) is 12.6. The number of hydrogen-bond acceptors (Lipinski definition) is 1. The van der Waals surface area contributed by atoms with Crippen molar-refractivity contribution in [1.29, 1.82) is 0 Å². The lowest BCUT2D eigenvalue weighted by Gasteiger charge is -2.04. The molecule has 1 aromatic rings. The van der Waals surface area contributed by atoms with Crippen LogP contribution < -0.4 is 5.43 Å². The van der Waals surface area contributed by atoms with Crippen LogP contribution in [0.3, 0.4) is 0 Å². The quantitative estimate of drug-likeness (QED) is 0.607. The molecule has 2 nitrogen and oxygen atoms in total. The maximum atomic E-state index is 11.4. The van der Waals surface area contributed by atoms with E-state index in [0.717, 1.165) is 17.8 Å². The summed E-state index contributed by atoms with van der Waals surface area (Å²) in [4.78, 5) is 14.6. The molecule has 0 unspecified atom stereocenters. The lowest BCUT2D eigenvalue weighted by Crippen LogP contribution is -2.04. The third kappa shape index (κ3) is 7.86. The van der Waals surface area contributed by atoms with Gasteiger partial charge in [-0.3, -0.25) is 4.79 Å². The topological polar surface area (TPSA) is 32.9 Å². The van der Waals surface area contributed by atoms with Crippen molar-refractivity contribution in [1.82, 2.24) is 4.98 Å². The Kier molecular flexibility index (Phi) is 8.28. The normalized spacial score (nSPS) is 10.8. The number of nitrogens with one attached hydrogen (secondary N) is 1. The molecule has 1 rings (SSSR count). The molecule has 0 aromatic carbocycles. The van der Waals surface area contributed by atoms with Crippen molar-refractivity contribution in [2.75, 3.05) is 0 Å². The summed E-state index contributed by atoms with van der Waals surface area (Å²) in [6.07, 6.45) is 13.1. The van der Waals surface area contributed by atoms with E-state index in [0.29, 0.717) is 0 Å². The Balaban J connectivity index is 2.03. The van der Waals surface area contributed by atoms with Crippen molar-refractivity contribution in [3.05, 3.63) is 33.7 Å². The van der Waals surface area contributed by atoms with E-state index in [1.165, 1.54) is 57.8 Å². The fraction of sp³-hybridized carbons (Fsp3) is 0.706. The molecule has 0 bridgehead atoms. The average molecular weight is 263 g/mol. The van der Waals surface area contributed by atoms with Crippen molar-refractivity contribution in [2.24, 2.45) is 0 Å². The van der Waals surface area contributed by atoms with Gasteiger partial charge in [-0.05, 0) is 19.8 Å². The predicted molar refractivity (Wildman–Crippen MR) is 82.7 cm³/mol. The third-order valence-electron chi connectivity index (χ3n) is 3.58. The molecule has 0 spiro atoms. The van der Waals surface area contributed by atoms with E-state index in [9.17, 15) is 4.79 Å². The first-order valence-electron chi connectivity index (χ1n) is 7.92. The Labute approximate surface area is 117 Å². The van der Waals surface area contributed by atoms with Gasteiger partial charge in [-0.1, -0.05) is 58.3 Å². The van der Waals surface area contributed by atoms with E-state index < -0.39 is 0 Å². The summed E-state index contributed by atoms with van der Waals surface area (Å²) < 4.78 is 0. The van der Waals surface area contributed by atoms with E-state index >= 15 is 0 Å². The Morgan fingerprint density at radius 3 is 2.05 bits per heavy atom. The number of hydrogen-bond donors (Lipinski definition) is 1. The minimum absolute atomic E-state index is 0.127. The van der Waals surface area contributed by atoms with Crippen LogP contribution in [0, 0.1) is 6.92 Å². The first kappa shape index (κ1) is 16.0. The number of aromatic amines is 1. The highest BCUT2D eigenvalue weighted by Gasteiger charge is 1.97. The smallest absolute Gasteiger partial charge is 0.182 e. The lowest BCUT2D eigenvalue weighted by atomic mass is 10.1. The third-order valence-corrected chi connectivity index (χ3v) is 3.58. The molecule has 0 aliphatic carbocycles. The predicted octanol–water partition coefficient (Wildman–Crippen LogP) is 4.76. The van der Waals surface area contributed by atoms with E-state index in [-0.39, 0.29) is 5.43 Å². The largest absolute Gasteiger partial charge is 0.362 e. The number of rotatable bonds is 10. The molecule has 0 saturated heterocycles. The number of H-pyrrole nitrogens is 1. The molecule has 2 heteroatoms. The molecule has 0 aliphatic rings. The second-order valence-corrected chi connectivity index (χ2v) is 5.60. The van der Waals surface area contributed by atoms with Gasteiger partial charge in [-0.15, -0.1) is 0 Å². The molecule has 0 saturated carbocycles. The molecule has 1 aromatic heterocycles. The first-order chi connectivity index (χ1) is 9.22. The fourth-order valence-electron chi connectivity index (χ4n) is 2.51. The van der Waals surface area contributed by atoms with Crippen LogP contribution in [-0.2, 0) is 6.42 Å². The van der Waals surface area contributed by atoms with Crippen LogP contribution in [0.15, 0.2) is 16.9 Å². The molecule has 0 aliphatic heterocycles. The summed E-state index contributed by atoms with van der Waals surface area (Å²) in [5.74, 6) is 0. The van der Waals surface area contributed by atoms with Gasteiger partial charge in [-0.2, -0.15) is 0 Å². The molecule has 0 atom stereocenters. The zero-order chi connectivity index (χ0) is 13.9. The van der Waals surface area contributed by atoms with Crippen molar-refractivity contribution < 1.29 is 0 Å². The number of aromatic nitrogens is 1. The Bertz CT molecular complexity index is 394. The number of aryl methyl sites for hydroxylation is 2. The fourth-order valence-corrected chi connectivity index (χ4v) is 2.51. The summed E-state index contributed by atoms with van der Waals surface area (Å²) in [6.45, 7) is 4.21. The zero-order valence-corrected chi connectivity index (χ0v) is 12.6. The highest BCUT2D eigenvalue weighted by molar-refractivity contribution is 5.10. The number of pyridine rings is 1. The molecule has 108 valence electrons. The van der Waals surface area contributed by atoms with Crippen LogP contribution in [0.25, 0.3) is 0 Å². The summed E-state index contributed by atoms with van der Waals surface area (Å²) in [5.41, 5.74) is 2.19. The average Bonchev–Trinajstić information content (AvgIpc) is 2.36. The van der Waals surface area contributed by atoms with Crippen molar-refractivity contribution in [2.45, 2.75) is 78.1 Å². The summed E-state index contributed by atoms with van der Waals surface area (Å²) in [7, 11) is 0. The Morgan fingerprint density at radius 2 is 1.47 bits per heavy atom. The van der Waals surface area contributed by atoms with E-state index in [1.54, 1.807) is 12.1 Å². The van der Waals surface area contributed by atoms with Gasteiger partial charge in [0.05, 0.1) is 0 Å². The summed E-state index contributed by atoms with van der Waals surface area (Å²) in [5, 5.41) is 0. The van der Waals surface area contributed by atoms with Crippen molar-refractivity contribution >= 4 is 0 Å². The van der Waals surface area contributed by atoms with E-state index in [4.69, 9.17) is 0 Å². The molecule has 19 heavy (non-hydrogen) atoms. The van der Waals surface area contributed by atoms with Gasteiger partial charge >= 0.3 is 0 Å². The van der Waals surface area contributed by atoms with Crippen molar-refractivity contribution in [3.63, 3.8) is 0 Å². The summed E-state index contributed by atoms with van der Waals surface area (Å²) in [6, 6.07) is 3.39. The van der Waals surface area contributed by atoms with Gasteiger partial charge < -0.3 is 4.98 Å². The standard InChI is InChI=1S/C17H29NO/c1-3-4-5-6-7-8-9-10-11-12-16-14-17(19)13-15(2)18-16/h13-14H,3-12H2,1-2H3,(H,18,19). The molecule has 1 N–H and O–H groups in total. The van der Waals surface area contributed by atoms with Gasteiger partial charge in [0.1, 0.15) is 0 Å². The van der Waals surface area contributed by atoms with Gasteiger partial charge in [0, 0.05) is 23.5 Å². The highest BCUT2D eigenvalue weighted by atomic mass is 16.1. The van der Waals surface area contributed by atoms with Gasteiger partial charge in [0.2, 0.25) is 0 Å². The maximum absolute atomic E-state index is 11.4. The molecule has 0 fully saturated rings. The van der Waals surface area contributed by atoms with Gasteiger partial charge in [0.25, 0.3) is 0 Å². The molecular weight excluding hydrogens is 234 g/mol. The Morgan fingerprint density at radius 1 is 0.895 bits per heavy atom. The van der Waals surface area contributed by atoms with Crippen LogP contribution in [0.4, 0.5) is 0 Å². The van der Waals surface area contributed by atoms with E-state index in [2.05, 4.69) is 11.9 Å². The highest BCUT2D eigenvalue weighted by Crippen LogP contribution is 2.10.